The van der Waals surface area contributed by atoms with Crippen LogP contribution >= 0.6 is 0 Å². The minimum atomic E-state index is -1.10. The molecule has 0 spiro atoms. The minimum absolute atomic E-state index is 0.139. The zero-order valence-corrected chi connectivity index (χ0v) is 12.6. The Bertz CT molecular complexity index is 398. The topological polar surface area (TPSA) is 144 Å². The maximum atomic E-state index is 12.0. The summed E-state index contributed by atoms with van der Waals surface area (Å²) < 4.78 is 0. The highest BCUT2D eigenvalue weighted by Gasteiger charge is 2.25. The van der Waals surface area contributed by atoms with Crippen LogP contribution in [0.3, 0.4) is 0 Å². The Balaban J connectivity index is 4.75. The first-order valence-electron chi connectivity index (χ1n) is 6.77. The van der Waals surface area contributed by atoms with Crippen LogP contribution in [0.25, 0.3) is 0 Å². The van der Waals surface area contributed by atoms with E-state index in [0.29, 0.717) is 12.7 Å². The predicted octanol–water partition coefficient (Wildman–Crippen LogP) is -1.58. The lowest BCUT2D eigenvalue weighted by molar-refractivity contribution is -0.131. The van der Waals surface area contributed by atoms with E-state index in [1.165, 1.54) is 6.92 Å². The monoisotopic (exact) mass is 300 g/mol. The lowest BCUT2D eigenvalue weighted by Gasteiger charge is -2.22. The van der Waals surface area contributed by atoms with E-state index < -0.39 is 35.8 Å². The van der Waals surface area contributed by atoms with E-state index in [2.05, 4.69) is 10.6 Å². The van der Waals surface area contributed by atoms with Gasteiger partial charge in [0.2, 0.25) is 17.7 Å². The third kappa shape index (κ3) is 8.03. The van der Waals surface area contributed by atoms with Crippen LogP contribution in [-0.2, 0) is 19.2 Å². The molecule has 0 aromatic carbocycles. The fourth-order valence-corrected chi connectivity index (χ4v) is 1.65. The van der Waals surface area contributed by atoms with Gasteiger partial charge in [-0.3, -0.25) is 14.4 Å². The Labute approximate surface area is 124 Å². The predicted molar refractivity (Wildman–Crippen MR) is 76.8 cm³/mol. The standard InChI is InChI=1S/C13H24N4O4/c1-7(2)4-10(13(21)16-8(3)6-18)17-12(20)9(14)5-11(15)19/h6-10H,4-5,14H2,1-3H3,(H2,15,19)(H,16,21)(H,17,20)/t8-,9-,10-/m0/s1. The van der Waals surface area contributed by atoms with Crippen LogP contribution in [0.4, 0.5) is 0 Å². The molecule has 8 nitrogen and oxygen atoms in total. The van der Waals surface area contributed by atoms with Crippen LogP contribution in [0.5, 0.6) is 0 Å². The summed E-state index contributed by atoms with van der Waals surface area (Å²) in [6.07, 6.45) is 0.671. The normalized spacial score (nSPS) is 14.9. The highest BCUT2D eigenvalue weighted by atomic mass is 16.2. The number of nitrogens with two attached hydrogens (primary N) is 2. The van der Waals surface area contributed by atoms with Gasteiger partial charge in [-0.05, 0) is 19.3 Å². The van der Waals surface area contributed by atoms with Gasteiger partial charge in [-0.2, -0.15) is 0 Å². The average molecular weight is 300 g/mol. The zero-order chi connectivity index (χ0) is 16.6. The second kappa shape index (κ2) is 9.06. The van der Waals surface area contributed by atoms with Crippen molar-refractivity contribution in [3.05, 3.63) is 0 Å². The molecule has 0 unspecified atom stereocenters. The molecule has 6 N–H and O–H groups in total. The van der Waals surface area contributed by atoms with Crippen LogP contribution in [0.15, 0.2) is 0 Å². The molecule has 0 aliphatic carbocycles. The summed E-state index contributed by atoms with van der Waals surface area (Å²) in [4.78, 5) is 45.2. The Morgan fingerprint density at radius 1 is 1.10 bits per heavy atom. The Kier molecular flexibility index (Phi) is 8.22. The molecule has 21 heavy (non-hydrogen) atoms. The quantitative estimate of drug-likeness (QED) is 0.380. The molecule has 8 heteroatoms. The van der Waals surface area contributed by atoms with E-state index in [0.717, 1.165) is 0 Å². The highest BCUT2D eigenvalue weighted by molar-refractivity contribution is 5.92. The Morgan fingerprint density at radius 2 is 1.67 bits per heavy atom. The van der Waals surface area contributed by atoms with E-state index in [1.54, 1.807) is 0 Å². The Hall–Kier alpha value is -1.96. The lowest BCUT2D eigenvalue weighted by atomic mass is 10.0. The molecular formula is C13H24N4O4. The molecule has 0 aromatic heterocycles. The van der Waals surface area contributed by atoms with E-state index in [9.17, 15) is 19.2 Å². The van der Waals surface area contributed by atoms with Gasteiger partial charge in [0.1, 0.15) is 12.3 Å². The van der Waals surface area contributed by atoms with Crippen molar-refractivity contribution in [3.63, 3.8) is 0 Å². The van der Waals surface area contributed by atoms with Crippen molar-refractivity contribution >= 4 is 24.0 Å². The molecule has 0 aliphatic heterocycles. The molecular weight excluding hydrogens is 276 g/mol. The number of hydrogen-bond donors (Lipinski definition) is 4. The largest absolute Gasteiger partial charge is 0.370 e. The van der Waals surface area contributed by atoms with Crippen LogP contribution in [0.1, 0.15) is 33.6 Å². The van der Waals surface area contributed by atoms with Gasteiger partial charge in [-0.15, -0.1) is 0 Å². The van der Waals surface area contributed by atoms with Gasteiger partial charge in [0.15, 0.2) is 0 Å². The highest BCUT2D eigenvalue weighted by Crippen LogP contribution is 2.06. The summed E-state index contributed by atoms with van der Waals surface area (Å²) in [6.45, 7) is 5.30. The number of carbonyl (C=O) groups excluding carboxylic acids is 4. The maximum Gasteiger partial charge on any atom is 0.243 e. The van der Waals surface area contributed by atoms with Crippen molar-refractivity contribution in [1.82, 2.24) is 10.6 Å². The van der Waals surface area contributed by atoms with E-state index in [1.807, 2.05) is 13.8 Å². The van der Waals surface area contributed by atoms with Gasteiger partial charge in [0.05, 0.1) is 18.5 Å². The number of primary amides is 1. The first kappa shape index (κ1) is 19.0. The number of nitrogens with one attached hydrogen (secondary N) is 2. The molecule has 0 fully saturated rings. The summed E-state index contributed by atoms with van der Waals surface area (Å²) in [7, 11) is 0. The Morgan fingerprint density at radius 3 is 2.10 bits per heavy atom. The second-order valence-corrected chi connectivity index (χ2v) is 5.40. The van der Waals surface area contributed by atoms with Crippen LogP contribution < -0.4 is 22.1 Å². The molecule has 0 radical (unpaired) electrons. The zero-order valence-electron chi connectivity index (χ0n) is 12.6. The van der Waals surface area contributed by atoms with E-state index in [-0.39, 0.29) is 12.3 Å². The maximum absolute atomic E-state index is 12.0. The summed E-state index contributed by atoms with van der Waals surface area (Å²) in [5.74, 6) is -1.66. The molecule has 0 saturated heterocycles. The second-order valence-electron chi connectivity index (χ2n) is 5.40. The molecule has 0 rings (SSSR count). The third-order valence-corrected chi connectivity index (χ3v) is 2.67. The number of aldehydes is 1. The molecule has 0 bridgehead atoms. The first-order valence-corrected chi connectivity index (χ1v) is 6.77. The summed E-state index contributed by atoms with van der Waals surface area (Å²) >= 11 is 0. The van der Waals surface area contributed by atoms with E-state index in [4.69, 9.17) is 11.5 Å². The summed E-state index contributed by atoms with van der Waals surface area (Å²) in [5, 5.41) is 4.95. The van der Waals surface area contributed by atoms with Crippen molar-refractivity contribution in [2.45, 2.75) is 51.7 Å². The molecule has 3 amide bonds. The minimum Gasteiger partial charge on any atom is -0.370 e. The van der Waals surface area contributed by atoms with Gasteiger partial charge < -0.3 is 26.9 Å². The van der Waals surface area contributed by atoms with Crippen LogP contribution in [-0.4, -0.2) is 42.1 Å². The van der Waals surface area contributed by atoms with Gasteiger partial charge in [0.25, 0.3) is 0 Å². The average Bonchev–Trinajstić information content (AvgIpc) is 2.36. The van der Waals surface area contributed by atoms with Gasteiger partial charge in [-0.1, -0.05) is 13.8 Å². The van der Waals surface area contributed by atoms with E-state index >= 15 is 0 Å². The van der Waals surface area contributed by atoms with Gasteiger partial charge in [-0.25, -0.2) is 0 Å². The molecule has 120 valence electrons. The SMILES string of the molecule is CC(C)C[C@H](NC(=O)[C@@H](N)CC(N)=O)C(=O)N[C@@H](C)C=O. The number of amides is 3. The molecule has 3 atom stereocenters. The van der Waals surface area contributed by atoms with Crippen LogP contribution in [0, 0.1) is 5.92 Å². The third-order valence-electron chi connectivity index (χ3n) is 2.67. The van der Waals surface area contributed by atoms with Crippen molar-refractivity contribution in [2.24, 2.45) is 17.4 Å². The summed E-state index contributed by atoms with van der Waals surface area (Å²) in [5.41, 5.74) is 10.5. The molecule has 0 heterocycles. The fourth-order valence-electron chi connectivity index (χ4n) is 1.65. The lowest BCUT2D eigenvalue weighted by Crippen LogP contribution is -2.54. The number of carbonyl (C=O) groups is 4. The van der Waals surface area contributed by atoms with Gasteiger partial charge in [0, 0.05) is 0 Å². The molecule has 0 aromatic rings. The van der Waals surface area contributed by atoms with Crippen LogP contribution in [0.2, 0.25) is 0 Å². The molecule has 0 aliphatic rings. The fraction of sp³-hybridized carbons (Fsp3) is 0.692. The number of hydrogen-bond acceptors (Lipinski definition) is 5. The van der Waals surface area contributed by atoms with Crippen molar-refractivity contribution < 1.29 is 19.2 Å². The molecule has 0 saturated carbocycles. The first-order chi connectivity index (χ1) is 9.67. The van der Waals surface area contributed by atoms with Crippen molar-refractivity contribution in [2.75, 3.05) is 0 Å². The number of rotatable bonds is 9. The summed E-state index contributed by atoms with van der Waals surface area (Å²) in [6, 6.07) is -2.57. The van der Waals surface area contributed by atoms with Crippen molar-refractivity contribution in [3.8, 4) is 0 Å². The smallest absolute Gasteiger partial charge is 0.243 e. The van der Waals surface area contributed by atoms with Gasteiger partial charge >= 0.3 is 0 Å². The van der Waals surface area contributed by atoms with Crippen molar-refractivity contribution in [1.29, 1.82) is 0 Å².